The van der Waals surface area contributed by atoms with E-state index in [0.717, 1.165) is 11.3 Å². The minimum Gasteiger partial charge on any atom is -0.385 e. The van der Waals surface area contributed by atoms with E-state index in [1.807, 2.05) is 30.3 Å². The van der Waals surface area contributed by atoms with E-state index in [2.05, 4.69) is 5.16 Å². The van der Waals surface area contributed by atoms with Gasteiger partial charge in [-0.25, -0.2) is 0 Å². The zero-order valence-electron chi connectivity index (χ0n) is 8.00. The normalized spacial score (nSPS) is 19.5. The summed E-state index contributed by atoms with van der Waals surface area (Å²) in [7, 11) is 0. The van der Waals surface area contributed by atoms with Gasteiger partial charge in [0.2, 0.25) is 6.54 Å². The monoisotopic (exact) mass is 206 g/mol. The first-order valence-corrected chi connectivity index (χ1v) is 4.65. The third-order valence-electron chi connectivity index (χ3n) is 2.19. The summed E-state index contributed by atoms with van der Waals surface area (Å²) in [6, 6.07) is 9.54. The number of nitro groups is 1. The quantitative estimate of drug-likeness (QED) is 0.555. The fourth-order valence-corrected chi connectivity index (χ4v) is 1.49. The second kappa shape index (κ2) is 4.08. The van der Waals surface area contributed by atoms with Crippen LogP contribution in [-0.4, -0.2) is 23.3 Å². The smallest absolute Gasteiger partial charge is 0.243 e. The molecule has 1 aliphatic heterocycles. The minimum atomic E-state index is -0.421. The van der Waals surface area contributed by atoms with E-state index in [-0.39, 0.29) is 11.5 Å². The number of oxime groups is 1. The van der Waals surface area contributed by atoms with Gasteiger partial charge < -0.3 is 4.84 Å². The summed E-state index contributed by atoms with van der Waals surface area (Å²) >= 11 is 0. The number of benzene rings is 1. The van der Waals surface area contributed by atoms with Crippen LogP contribution in [0, 0.1) is 10.1 Å². The molecule has 0 aromatic heterocycles. The number of hydrogen-bond acceptors (Lipinski definition) is 4. The molecule has 0 saturated heterocycles. The molecular weight excluding hydrogens is 196 g/mol. The van der Waals surface area contributed by atoms with Gasteiger partial charge in [0.1, 0.15) is 0 Å². The lowest BCUT2D eigenvalue weighted by Gasteiger charge is -2.00. The summed E-state index contributed by atoms with van der Waals surface area (Å²) in [5.74, 6) is 0. The third-order valence-corrected chi connectivity index (χ3v) is 2.19. The highest BCUT2D eigenvalue weighted by molar-refractivity contribution is 6.01. The van der Waals surface area contributed by atoms with Crippen molar-refractivity contribution in [1.82, 2.24) is 0 Å². The van der Waals surface area contributed by atoms with Gasteiger partial charge in [0.15, 0.2) is 6.10 Å². The first kappa shape index (κ1) is 9.64. The molecule has 1 aromatic rings. The van der Waals surface area contributed by atoms with Crippen molar-refractivity contribution in [2.75, 3.05) is 6.54 Å². The predicted molar refractivity (Wildman–Crippen MR) is 54.3 cm³/mol. The lowest BCUT2D eigenvalue weighted by atomic mass is 10.1. The molecule has 15 heavy (non-hydrogen) atoms. The Labute approximate surface area is 86.5 Å². The Hall–Kier alpha value is -1.91. The van der Waals surface area contributed by atoms with Crippen molar-refractivity contribution in [3.05, 3.63) is 46.0 Å². The molecule has 78 valence electrons. The Morgan fingerprint density at radius 2 is 2.20 bits per heavy atom. The van der Waals surface area contributed by atoms with Gasteiger partial charge in [0.25, 0.3) is 0 Å². The first-order chi connectivity index (χ1) is 7.25. The fourth-order valence-electron chi connectivity index (χ4n) is 1.49. The van der Waals surface area contributed by atoms with Crippen LogP contribution in [0.3, 0.4) is 0 Å². The van der Waals surface area contributed by atoms with Gasteiger partial charge in [-0.15, -0.1) is 0 Å². The Morgan fingerprint density at radius 1 is 1.47 bits per heavy atom. The highest BCUT2D eigenvalue weighted by Gasteiger charge is 2.26. The lowest BCUT2D eigenvalue weighted by Crippen LogP contribution is -2.19. The van der Waals surface area contributed by atoms with Gasteiger partial charge in [0, 0.05) is 11.3 Å². The Morgan fingerprint density at radius 3 is 2.87 bits per heavy atom. The molecule has 0 spiro atoms. The third kappa shape index (κ3) is 2.31. The maximum atomic E-state index is 10.3. The van der Waals surface area contributed by atoms with Crippen LogP contribution in [0.25, 0.3) is 0 Å². The molecule has 1 aromatic carbocycles. The van der Waals surface area contributed by atoms with E-state index in [0.29, 0.717) is 6.42 Å². The Kier molecular flexibility index (Phi) is 2.62. The fraction of sp³-hybridized carbons (Fsp3) is 0.300. The van der Waals surface area contributed by atoms with Crippen molar-refractivity contribution in [2.24, 2.45) is 5.16 Å². The first-order valence-electron chi connectivity index (χ1n) is 4.65. The summed E-state index contributed by atoms with van der Waals surface area (Å²) in [6.45, 7) is -0.195. The summed E-state index contributed by atoms with van der Waals surface area (Å²) in [5.41, 5.74) is 1.74. The highest BCUT2D eigenvalue weighted by Crippen LogP contribution is 2.16. The maximum Gasteiger partial charge on any atom is 0.243 e. The summed E-state index contributed by atoms with van der Waals surface area (Å²) in [4.78, 5) is 14.9. The molecule has 0 aliphatic carbocycles. The van der Waals surface area contributed by atoms with E-state index in [4.69, 9.17) is 4.84 Å². The largest absolute Gasteiger partial charge is 0.385 e. The van der Waals surface area contributed by atoms with Crippen LogP contribution >= 0.6 is 0 Å². The molecule has 0 radical (unpaired) electrons. The summed E-state index contributed by atoms with van der Waals surface area (Å²) in [5, 5.41) is 14.1. The van der Waals surface area contributed by atoms with Gasteiger partial charge in [0.05, 0.1) is 5.71 Å². The van der Waals surface area contributed by atoms with Gasteiger partial charge in [-0.2, -0.15) is 0 Å². The highest BCUT2D eigenvalue weighted by atomic mass is 16.7. The Bertz CT molecular complexity index is 389. The number of nitrogens with zero attached hydrogens (tertiary/aromatic N) is 2. The van der Waals surface area contributed by atoms with Gasteiger partial charge in [-0.1, -0.05) is 35.5 Å². The molecule has 1 atom stereocenters. The van der Waals surface area contributed by atoms with Crippen LogP contribution in [0.1, 0.15) is 12.0 Å². The average molecular weight is 206 g/mol. The van der Waals surface area contributed by atoms with E-state index in [9.17, 15) is 10.1 Å². The standard InChI is InChI=1S/C10H10N2O3/c13-12(14)7-9-6-10(11-15-9)8-4-2-1-3-5-8/h1-5,9H,6-7H2. The molecule has 0 N–H and O–H groups in total. The molecule has 0 amide bonds. The molecule has 0 saturated carbocycles. The van der Waals surface area contributed by atoms with Crippen LogP contribution < -0.4 is 0 Å². The van der Waals surface area contributed by atoms with Crippen molar-refractivity contribution in [1.29, 1.82) is 0 Å². The topological polar surface area (TPSA) is 64.7 Å². The van der Waals surface area contributed by atoms with Crippen LogP contribution in [0.2, 0.25) is 0 Å². The van der Waals surface area contributed by atoms with E-state index < -0.39 is 6.10 Å². The van der Waals surface area contributed by atoms with Gasteiger partial charge in [-0.3, -0.25) is 10.1 Å². The molecule has 1 unspecified atom stereocenters. The van der Waals surface area contributed by atoms with Crippen molar-refractivity contribution in [3.63, 3.8) is 0 Å². The molecular formula is C10H10N2O3. The maximum absolute atomic E-state index is 10.3. The number of rotatable bonds is 3. The molecule has 1 heterocycles. The van der Waals surface area contributed by atoms with Crippen molar-refractivity contribution < 1.29 is 9.76 Å². The molecule has 2 rings (SSSR count). The van der Waals surface area contributed by atoms with Crippen molar-refractivity contribution in [3.8, 4) is 0 Å². The molecule has 0 bridgehead atoms. The van der Waals surface area contributed by atoms with Crippen LogP contribution in [0.4, 0.5) is 0 Å². The molecule has 5 nitrogen and oxygen atoms in total. The second-order valence-electron chi connectivity index (χ2n) is 3.35. The predicted octanol–water partition coefficient (Wildman–Crippen LogP) is 1.46. The van der Waals surface area contributed by atoms with Crippen molar-refractivity contribution in [2.45, 2.75) is 12.5 Å². The zero-order chi connectivity index (χ0) is 10.7. The molecule has 1 aliphatic rings. The Balaban J connectivity index is 2.01. The van der Waals surface area contributed by atoms with Gasteiger partial charge in [-0.05, 0) is 5.56 Å². The van der Waals surface area contributed by atoms with E-state index in [1.54, 1.807) is 0 Å². The summed E-state index contributed by atoms with van der Waals surface area (Å²) in [6.07, 6.45) is 0.0838. The van der Waals surface area contributed by atoms with E-state index in [1.165, 1.54) is 0 Å². The summed E-state index contributed by atoms with van der Waals surface area (Å²) < 4.78 is 0. The SMILES string of the molecule is O=[N+]([O-])CC1CC(c2ccccc2)=NO1. The second-order valence-corrected chi connectivity index (χ2v) is 3.35. The molecule has 0 fully saturated rings. The zero-order valence-corrected chi connectivity index (χ0v) is 8.00. The minimum absolute atomic E-state index is 0.195. The molecule has 5 heteroatoms. The van der Waals surface area contributed by atoms with Crippen LogP contribution in [-0.2, 0) is 4.84 Å². The average Bonchev–Trinajstić information content (AvgIpc) is 2.67. The van der Waals surface area contributed by atoms with E-state index >= 15 is 0 Å². The lowest BCUT2D eigenvalue weighted by molar-refractivity contribution is -0.490. The van der Waals surface area contributed by atoms with Crippen molar-refractivity contribution >= 4 is 5.71 Å². The number of hydrogen-bond donors (Lipinski definition) is 0. The van der Waals surface area contributed by atoms with Crippen LogP contribution in [0.15, 0.2) is 35.5 Å². The van der Waals surface area contributed by atoms with Gasteiger partial charge >= 0.3 is 0 Å². The van der Waals surface area contributed by atoms with Crippen LogP contribution in [0.5, 0.6) is 0 Å².